The van der Waals surface area contributed by atoms with Crippen LogP contribution in [0.3, 0.4) is 0 Å². The van der Waals surface area contributed by atoms with Gasteiger partial charge < -0.3 is 4.74 Å². The fourth-order valence-corrected chi connectivity index (χ4v) is 2.90. The number of carbonyl (C=O) groups excluding carboxylic acids is 1. The molecule has 0 unspecified atom stereocenters. The van der Waals surface area contributed by atoms with Gasteiger partial charge in [0.2, 0.25) is 0 Å². The predicted molar refractivity (Wildman–Crippen MR) is 83.2 cm³/mol. The molecule has 0 heterocycles. The standard InChI is InChI=1S/C13H29N3O4S/c1-11(2)16(12(3)4)10-8-14-21(18,19)15(5)9-7-13(17)20-6/h11-12,14H,7-10H2,1-6H3. The molecule has 0 aromatic rings. The first kappa shape index (κ1) is 20.3. The highest BCUT2D eigenvalue weighted by Gasteiger charge is 2.19. The average Bonchev–Trinajstić information content (AvgIpc) is 2.39. The lowest BCUT2D eigenvalue weighted by atomic mass is 10.2. The van der Waals surface area contributed by atoms with E-state index in [-0.39, 0.29) is 13.0 Å². The molecule has 0 atom stereocenters. The minimum atomic E-state index is -3.56. The Kier molecular flexibility index (Phi) is 9.03. The Hall–Kier alpha value is -0.700. The van der Waals surface area contributed by atoms with Gasteiger partial charge in [-0.15, -0.1) is 0 Å². The van der Waals surface area contributed by atoms with Crippen molar-refractivity contribution in [2.45, 2.75) is 46.2 Å². The Bertz CT molecular complexity index is 402. The molecular formula is C13H29N3O4S. The Balaban J connectivity index is 4.32. The van der Waals surface area contributed by atoms with Crippen molar-refractivity contribution < 1.29 is 17.9 Å². The third kappa shape index (κ3) is 7.75. The number of methoxy groups -OCH3 is 1. The molecule has 21 heavy (non-hydrogen) atoms. The van der Waals surface area contributed by atoms with Gasteiger partial charge in [0.05, 0.1) is 13.5 Å². The molecule has 0 aliphatic carbocycles. The fourth-order valence-electron chi connectivity index (χ4n) is 2.00. The van der Waals surface area contributed by atoms with Crippen LogP contribution in [0, 0.1) is 0 Å². The van der Waals surface area contributed by atoms with Crippen LogP contribution in [0.1, 0.15) is 34.1 Å². The monoisotopic (exact) mass is 323 g/mol. The maximum atomic E-state index is 12.0. The van der Waals surface area contributed by atoms with Crippen LogP contribution >= 0.6 is 0 Å². The van der Waals surface area contributed by atoms with Crippen molar-refractivity contribution in [3.05, 3.63) is 0 Å². The summed E-state index contributed by atoms with van der Waals surface area (Å²) in [6, 6.07) is 0.707. The van der Waals surface area contributed by atoms with Gasteiger partial charge in [-0.1, -0.05) is 0 Å². The summed E-state index contributed by atoms with van der Waals surface area (Å²) in [6.45, 7) is 9.39. The molecule has 0 fully saturated rings. The van der Waals surface area contributed by atoms with E-state index in [0.29, 0.717) is 25.2 Å². The van der Waals surface area contributed by atoms with Gasteiger partial charge in [-0.2, -0.15) is 12.7 Å². The van der Waals surface area contributed by atoms with E-state index in [4.69, 9.17) is 0 Å². The number of carbonyl (C=O) groups is 1. The molecule has 126 valence electrons. The number of nitrogens with one attached hydrogen (secondary N) is 1. The van der Waals surface area contributed by atoms with Crippen LogP contribution in [0.15, 0.2) is 0 Å². The summed E-state index contributed by atoms with van der Waals surface area (Å²) >= 11 is 0. The Labute approximate surface area is 128 Å². The first-order chi connectivity index (χ1) is 9.61. The van der Waals surface area contributed by atoms with Gasteiger partial charge >= 0.3 is 5.97 Å². The van der Waals surface area contributed by atoms with E-state index >= 15 is 0 Å². The van der Waals surface area contributed by atoms with Crippen molar-refractivity contribution in [2.24, 2.45) is 0 Å². The van der Waals surface area contributed by atoms with E-state index in [1.54, 1.807) is 0 Å². The van der Waals surface area contributed by atoms with E-state index in [1.807, 2.05) is 0 Å². The van der Waals surface area contributed by atoms with Gasteiger partial charge in [0, 0.05) is 38.8 Å². The molecule has 0 rings (SSSR count). The summed E-state index contributed by atoms with van der Waals surface area (Å²) in [5.41, 5.74) is 0. The molecular weight excluding hydrogens is 294 g/mol. The van der Waals surface area contributed by atoms with Gasteiger partial charge in [0.25, 0.3) is 10.2 Å². The predicted octanol–water partition coefficient (Wildman–Crippen LogP) is 0.435. The second-order valence-corrected chi connectivity index (χ2v) is 7.33. The molecule has 0 aromatic carbocycles. The van der Waals surface area contributed by atoms with E-state index in [0.717, 1.165) is 4.31 Å². The minimum Gasteiger partial charge on any atom is -0.469 e. The van der Waals surface area contributed by atoms with E-state index in [2.05, 4.69) is 42.1 Å². The number of ether oxygens (including phenoxy) is 1. The molecule has 1 N–H and O–H groups in total. The Morgan fingerprint density at radius 1 is 1.14 bits per heavy atom. The van der Waals surface area contributed by atoms with E-state index in [1.165, 1.54) is 14.2 Å². The molecule has 0 saturated heterocycles. The lowest BCUT2D eigenvalue weighted by molar-refractivity contribution is -0.140. The van der Waals surface area contributed by atoms with Crippen molar-refractivity contribution in [2.75, 3.05) is 33.8 Å². The van der Waals surface area contributed by atoms with Crippen LogP contribution < -0.4 is 4.72 Å². The first-order valence-corrected chi connectivity index (χ1v) is 8.59. The molecule has 0 radical (unpaired) electrons. The van der Waals surface area contributed by atoms with Crippen LogP contribution in [0.2, 0.25) is 0 Å². The zero-order chi connectivity index (χ0) is 16.6. The summed E-state index contributed by atoms with van der Waals surface area (Å²) in [5, 5.41) is 0. The average molecular weight is 323 g/mol. The lowest BCUT2D eigenvalue weighted by Crippen LogP contribution is -2.45. The molecule has 7 nitrogen and oxygen atoms in total. The van der Waals surface area contributed by atoms with E-state index in [9.17, 15) is 13.2 Å². The first-order valence-electron chi connectivity index (χ1n) is 7.15. The van der Waals surface area contributed by atoms with Crippen molar-refractivity contribution in [3.63, 3.8) is 0 Å². The molecule has 8 heteroatoms. The van der Waals surface area contributed by atoms with Crippen LogP contribution in [-0.4, -0.2) is 69.5 Å². The molecule has 0 bridgehead atoms. The molecule has 0 aromatic heterocycles. The van der Waals surface area contributed by atoms with Gasteiger partial charge in [-0.05, 0) is 27.7 Å². The normalized spacial score (nSPS) is 12.7. The van der Waals surface area contributed by atoms with Crippen LogP contribution in [0.4, 0.5) is 0 Å². The largest absolute Gasteiger partial charge is 0.469 e. The lowest BCUT2D eigenvalue weighted by Gasteiger charge is -2.30. The summed E-state index contributed by atoms with van der Waals surface area (Å²) < 4.78 is 32.2. The maximum Gasteiger partial charge on any atom is 0.306 e. The number of rotatable bonds is 10. The highest BCUT2D eigenvalue weighted by atomic mass is 32.2. The molecule has 0 aliphatic heterocycles. The van der Waals surface area contributed by atoms with Crippen molar-refractivity contribution in [1.82, 2.24) is 13.9 Å². The SMILES string of the molecule is COC(=O)CCN(C)S(=O)(=O)NCCN(C(C)C)C(C)C. The quantitative estimate of drug-likeness (QED) is 0.590. The third-order valence-electron chi connectivity index (χ3n) is 3.25. The second kappa shape index (κ2) is 9.34. The van der Waals surface area contributed by atoms with Gasteiger partial charge in [-0.25, -0.2) is 4.72 Å². The third-order valence-corrected chi connectivity index (χ3v) is 4.82. The van der Waals surface area contributed by atoms with Crippen molar-refractivity contribution in [1.29, 1.82) is 0 Å². The Morgan fingerprint density at radius 3 is 2.10 bits per heavy atom. The zero-order valence-electron chi connectivity index (χ0n) is 13.9. The number of esters is 1. The highest BCUT2D eigenvalue weighted by molar-refractivity contribution is 7.87. The second-order valence-electron chi connectivity index (χ2n) is 5.47. The zero-order valence-corrected chi connectivity index (χ0v) is 14.7. The Morgan fingerprint density at radius 2 is 1.67 bits per heavy atom. The number of nitrogens with zero attached hydrogens (tertiary/aromatic N) is 2. The van der Waals surface area contributed by atoms with Crippen LogP contribution in [-0.2, 0) is 19.7 Å². The van der Waals surface area contributed by atoms with Gasteiger partial charge in [-0.3, -0.25) is 9.69 Å². The van der Waals surface area contributed by atoms with E-state index < -0.39 is 16.2 Å². The number of hydrogen-bond acceptors (Lipinski definition) is 5. The fraction of sp³-hybridized carbons (Fsp3) is 0.923. The molecule has 0 saturated carbocycles. The summed E-state index contributed by atoms with van der Waals surface area (Å²) in [4.78, 5) is 13.2. The highest BCUT2D eigenvalue weighted by Crippen LogP contribution is 2.04. The minimum absolute atomic E-state index is 0.0397. The maximum absolute atomic E-state index is 12.0. The van der Waals surface area contributed by atoms with Gasteiger partial charge in [0.1, 0.15) is 0 Å². The smallest absolute Gasteiger partial charge is 0.306 e. The summed E-state index contributed by atoms with van der Waals surface area (Å²) in [7, 11) is -0.845. The topological polar surface area (TPSA) is 78.9 Å². The molecule has 0 amide bonds. The van der Waals surface area contributed by atoms with Crippen LogP contribution in [0.5, 0.6) is 0 Å². The van der Waals surface area contributed by atoms with Crippen molar-refractivity contribution in [3.8, 4) is 0 Å². The summed E-state index contributed by atoms with van der Waals surface area (Å²) in [6.07, 6.45) is 0.0397. The number of hydrogen-bond donors (Lipinski definition) is 1. The molecule has 0 aliphatic rings. The molecule has 0 spiro atoms. The van der Waals surface area contributed by atoms with Crippen molar-refractivity contribution >= 4 is 16.2 Å². The van der Waals surface area contributed by atoms with Crippen LogP contribution in [0.25, 0.3) is 0 Å². The summed E-state index contributed by atoms with van der Waals surface area (Å²) in [5.74, 6) is -0.428. The van der Waals surface area contributed by atoms with Gasteiger partial charge in [0.15, 0.2) is 0 Å².